The van der Waals surface area contributed by atoms with E-state index in [-0.39, 0.29) is 6.03 Å². The van der Waals surface area contributed by atoms with Gasteiger partial charge in [-0.25, -0.2) is 19.9 Å². The van der Waals surface area contributed by atoms with Crippen molar-refractivity contribution in [3.05, 3.63) is 60.4 Å². The highest BCUT2D eigenvalue weighted by atomic mass is 16.5. The van der Waals surface area contributed by atoms with Crippen LogP contribution in [0.2, 0.25) is 0 Å². The van der Waals surface area contributed by atoms with Gasteiger partial charge in [0.05, 0.1) is 17.6 Å². The van der Waals surface area contributed by atoms with E-state index in [0.717, 1.165) is 22.3 Å². The van der Waals surface area contributed by atoms with Crippen molar-refractivity contribution in [2.45, 2.75) is 13.5 Å². The second kappa shape index (κ2) is 7.04. The topological polar surface area (TPSA) is 59.4 Å². The Kier molecular flexibility index (Phi) is 4.65. The van der Waals surface area contributed by atoms with Crippen LogP contribution < -0.4 is 10.2 Å². The number of fused-ring (bicyclic) bond motifs is 1. The number of nitrogens with zero attached hydrogens (tertiary/aromatic N) is 3. The molecule has 24 heavy (non-hydrogen) atoms. The van der Waals surface area contributed by atoms with Gasteiger partial charge in [0.25, 0.3) is 0 Å². The highest BCUT2D eigenvalue weighted by Crippen LogP contribution is 2.14. The van der Waals surface area contributed by atoms with E-state index < -0.39 is 0 Å². The van der Waals surface area contributed by atoms with E-state index >= 15 is 0 Å². The van der Waals surface area contributed by atoms with Crippen molar-refractivity contribution < 1.29 is 9.53 Å². The lowest BCUT2D eigenvalue weighted by Crippen LogP contribution is -2.35. The number of imidazole rings is 1. The number of hydrogen-bond acceptors (Lipinski definition) is 3. The molecule has 124 valence electrons. The van der Waals surface area contributed by atoms with Crippen LogP contribution in [-0.4, -0.2) is 34.2 Å². The van der Waals surface area contributed by atoms with Gasteiger partial charge in [0.1, 0.15) is 12.1 Å². The molecule has 0 aliphatic rings. The molecule has 6 nitrogen and oxygen atoms in total. The van der Waals surface area contributed by atoms with Gasteiger partial charge in [-0.05, 0) is 36.8 Å². The molecule has 0 aliphatic heterocycles. The molecule has 0 radical (unpaired) electrons. The third kappa shape index (κ3) is 3.48. The molecule has 1 N–H and O–H groups in total. The van der Waals surface area contributed by atoms with Crippen LogP contribution in [0.1, 0.15) is 12.5 Å². The smallest absolute Gasteiger partial charge is 0.336 e. The van der Waals surface area contributed by atoms with Crippen LogP contribution in [0.25, 0.3) is 11.0 Å². The first-order chi connectivity index (χ1) is 11.7. The molecule has 0 fully saturated rings. The number of carbonyl (C=O) groups is 1. The van der Waals surface area contributed by atoms with Crippen LogP contribution in [0.3, 0.4) is 0 Å². The van der Waals surface area contributed by atoms with Crippen LogP contribution in [0.15, 0.2) is 54.9 Å². The lowest BCUT2D eigenvalue weighted by Gasteiger charge is -2.18. The number of hydrogen-bond donors (Lipinski definition) is 1. The summed E-state index contributed by atoms with van der Waals surface area (Å²) < 4.78 is 7.05. The minimum Gasteiger partial charge on any atom is -0.494 e. The number of amides is 2. The first-order valence-corrected chi connectivity index (χ1v) is 7.83. The number of para-hydroxylation sites is 2. The maximum Gasteiger partial charge on any atom is 0.336 e. The SMILES string of the molecule is CCOc1ccc(CN(C)C(=O)Nn2cnc3ccccc32)cc1. The lowest BCUT2D eigenvalue weighted by atomic mass is 10.2. The summed E-state index contributed by atoms with van der Waals surface area (Å²) in [6, 6.07) is 15.2. The zero-order chi connectivity index (χ0) is 16.9. The summed E-state index contributed by atoms with van der Waals surface area (Å²) >= 11 is 0. The molecule has 0 bridgehead atoms. The van der Waals surface area contributed by atoms with Gasteiger partial charge in [-0.1, -0.05) is 24.3 Å². The largest absolute Gasteiger partial charge is 0.494 e. The molecule has 0 saturated carbocycles. The Bertz CT molecular complexity index is 826. The molecule has 0 atom stereocenters. The second-order valence-corrected chi connectivity index (χ2v) is 5.45. The summed E-state index contributed by atoms with van der Waals surface area (Å²) in [7, 11) is 1.75. The number of carbonyl (C=O) groups excluding carboxylic acids is 1. The summed E-state index contributed by atoms with van der Waals surface area (Å²) in [6.45, 7) is 3.09. The Balaban J connectivity index is 1.64. The normalized spacial score (nSPS) is 10.6. The Morgan fingerprint density at radius 3 is 2.71 bits per heavy atom. The summed E-state index contributed by atoms with van der Waals surface area (Å²) in [6.07, 6.45) is 1.60. The van der Waals surface area contributed by atoms with E-state index in [1.807, 2.05) is 55.5 Å². The van der Waals surface area contributed by atoms with Crippen LogP contribution in [0.5, 0.6) is 5.75 Å². The highest BCUT2D eigenvalue weighted by Gasteiger charge is 2.11. The van der Waals surface area contributed by atoms with E-state index in [4.69, 9.17) is 4.74 Å². The van der Waals surface area contributed by atoms with Crippen molar-refractivity contribution in [3.8, 4) is 5.75 Å². The minimum absolute atomic E-state index is 0.202. The lowest BCUT2D eigenvalue weighted by molar-refractivity contribution is 0.217. The van der Waals surface area contributed by atoms with Gasteiger partial charge in [0.2, 0.25) is 0 Å². The van der Waals surface area contributed by atoms with Crippen LogP contribution in [-0.2, 0) is 6.54 Å². The summed E-state index contributed by atoms with van der Waals surface area (Å²) in [5.74, 6) is 0.832. The maximum atomic E-state index is 12.4. The molecule has 2 amide bonds. The van der Waals surface area contributed by atoms with Gasteiger partial charge in [0.15, 0.2) is 0 Å². The molecule has 2 aromatic carbocycles. The molecule has 0 aliphatic carbocycles. The molecular formula is C18H20N4O2. The Labute approximate surface area is 140 Å². The number of benzene rings is 2. The summed E-state index contributed by atoms with van der Waals surface area (Å²) in [5, 5.41) is 0. The van der Waals surface area contributed by atoms with Crippen molar-refractivity contribution in [2.75, 3.05) is 19.1 Å². The fourth-order valence-corrected chi connectivity index (χ4v) is 2.44. The van der Waals surface area contributed by atoms with Crippen LogP contribution in [0, 0.1) is 0 Å². The van der Waals surface area contributed by atoms with Gasteiger partial charge < -0.3 is 9.64 Å². The van der Waals surface area contributed by atoms with Crippen molar-refractivity contribution in [1.29, 1.82) is 0 Å². The fourth-order valence-electron chi connectivity index (χ4n) is 2.44. The third-order valence-electron chi connectivity index (χ3n) is 3.67. The molecule has 1 aromatic heterocycles. The third-order valence-corrected chi connectivity index (χ3v) is 3.67. The maximum absolute atomic E-state index is 12.4. The van der Waals surface area contributed by atoms with E-state index in [0.29, 0.717) is 13.2 Å². The van der Waals surface area contributed by atoms with Gasteiger partial charge in [0, 0.05) is 13.6 Å². The number of urea groups is 1. The van der Waals surface area contributed by atoms with E-state index in [2.05, 4.69) is 10.4 Å². The van der Waals surface area contributed by atoms with E-state index in [1.54, 1.807) is 23.0 Å². The van der Waals surface area contributed by atoms with Crippen molar-refractivity contribution in [2.24, 2.45) is 0 Å². The second-order valence-electron chi connectivity index (χ2n) is 5.45. The predicted octanol–water partition coefficient (Wildman–Crippen LogP) is 3.23. The van der Waals surface area contributed by atoms with E-state index in [1.165, 1.54) is 0 Å². The molecule has 0 spiro atoms. The standard InChI is InChI=1S/C18H20N4O2/c1-3-24-15-10-8-14(9-11-15)12-21(2)18(23)20-22-13-19-16-6-4-5-7-17(16)22/h4-11,13H,3,12H2,1-2H3,(H,20,23). The molecule has 0 unspecified atom stereocenters. The Morgan fingerprint density at radius 1 is 1.21 bits per heavy atom. The molecule has 0 saturated heterocycles. The average Bonchev–Trinajstić information content (AvgIpc) is 3.00. The van der Waals surface area contributed by atoms with Gasteiger partial charge in [-0.2, -0.15) is 0 Å². The molecule has 3 aromatic rings. The van der Waals surface area contributed by atoms with Crippen molar-refractivity contribution in [3.63, 3.8) is 0 Å². The number of aromatic nitrogens is 2. The first-order valence-electron chi connectivity index (χ1n) is 7.83. The first kappa shape index (κ1) is 15.9. The molecule has 1 heterocycles. The molecule has 3 rings (SSSR count). The van der Waals surface area contributed by atoms with E-state index in [9.17, 15) is 4.79 Å². The quantitative estimate of drug-likeness (QED) is 0.784. The monoisotopic (exact) mass is 324 g/mol. The van der Waals surface area contributed by atoms with Crippen LogP contribution in [0.4, 0.5) is 4.79 Å². The molecular weight excluding hydrogens is 304 g/mol. The van der Waals surface area contributed by atoms with Crippen molar-refractivity contribution in [1.82, 2.24) is 14.6 Å². The zero-order valence-corrected chi connectivity index (χ0v) is 13.8. The predicted molar refractivity (Wildman–Crippen MR) is 93.6 cm³/mol. The fraction of sp³-hybridized carbons (Fsp3) is 0.222. The summed E-state index contributed by atoms with van der Waals surface area (Å²) in [4.78, 5) is 18.2. The molecule has 6 heteroatoms. The number of nitrogens with one attached hydrogen (secondary N) is 1. The van der Waals surface area contributed by atoms with Gasteiger partial charge in [-0.15, -0.1) is 0 Å². The Hall–Kier alpha value is -3.02. The minimum atomic E-state index is -0.202. The Morgan fingerprint density at radius 2 is 1.96 bits per heavy atom. The zero-order valence-electron chi connectivity index (χ0n) is 13.8. The number of rotatable bonds is 5. The summed E-state index contributed by atoms with van der Waals surface area (Å²) in [5.41, 5.74) is 5.57. The average molecular weight is 324 g/mol. The van der Waals surface area contributed by atoms with Gasteiger partial charge >= 0.3 is 6.03 Å². The number of ether oxygens (including phenoxy) is 1. The van der Waals surface area contributed by atoms with Crippen LogP contribution >= 0.6 is 0 Å². The highest BCUT2D eigenvalue weighted by molar-refractivity contribution is 5.84. The van der Waals surface area contributed by atoms with Gasteiger partial charge in [-0.3, -0.25) is 0 Å². The van der Waals surface area contributed by atoms with Crippen molar-refractivity contribution >= 4 is 17.1 Å².